The molecule has 0 spiro atoms. The number of nitrogens with one attached hydrogen (secondary N) is 3. The Morgan fingerprint density at radius 1 is 1.14 bits per heavy atom. The molecule has 1 aliphatic carbocycles. The standard InChI is InChI=1S/C19H18F5N3O/c1-18(2)6-11-14(12(28)7-18)13(9-5-8(20)3-4-10(9)21)15-16(19(22,23)24)26-27-17(15)25-11/h3-5,13,17,25-27H,6-7H2,1-2H3. The van der Waals surface area contributed by atoms with Gasteiger partial charge in [0.25, 0.3) is 0 Å². The van der Waals surface area contributed by atoms with E-state index in [0.29, 0.717) is 12.1 Å². The third-order valence-electron chi connectivity index (χ3n) is 5.33. The van der Waals surface area contributed by atoms with Gasteiger partial charge in [0.15, 0.2) is 5.78 Å². The number of carbonyl (C=O) groups excluding carboxylic acids is 1. The number of hydrogen-bond acceptors (Lipinski definition) is 4. The van der Waals surface area contributed by atoms with Crippen molar-refractivity contribution in [2.45, 2.75) is 44.9 Å². The Labute approximate surface area is 157 Å². The lowest BCUT2D eigenvalue weighted by atomic mass is 9.68. The number of fused-ring (bicyclic) bond motifs is 1. The van der Waals surface area contributed by atoms with Gasteiger partial charge >= 0.3 is 6.18 Å². The van der Waals surface area contributed by atoms with Crippen LogP contribution in [0.4, 0.5) is 22.0 Å². The van der Waals surface area contributed by atoms with E-state index in [1.165, 1.54) is 0 Å². The lowest BCUT2D eigenvalue weighted by molar-refractivity contribution is -0.118. The molecule has 3 N–H and O–H groups in total. The summed E-state index contributed by atoms with van der Waals surface area (Å²) in [6, 6.07) is 2.62. The quantitative estimate of drug-likeness (QED) is 0.633. The van der Waals surface area contributed by atoms with Gasteiger partial charge in [0.05, 0.1) is 0 Å². The summed E-state index contributed by atoms with van der Waals surface area (Å²) >= 11 is 0. The van der Waals surface area contributed by atoms with Crippen LogP contribution in [0.25, 0.3) is 0 Å². The van der Waals surface area contributed by atoms with E-state index < -0.39 is 41.0 Å². The first-order valence-electron chi connectivity index (χ1n) is 8.78. The number of alkyl halides is 3. The summed E-state index contributed by atoms with van der Waals surface area (Å²) in [7, 11) is 0. The Bertz CT molecular complexity index is 932. The summed E-state index contributed by atoms with van der Waals surface area (Å²) in [6.45, 7) is 3.75. The molecule has 2 unspecified atom stereocenters. The van der Waals surface area contributed by atoms with Crippen molar-refractivity contribution in [1.29, 1.82) is 0 Å². The van der Waals surface area contributed by atoms with Crippen LogP contribution in [0.2, 0.25) is 0 Å². The van der Waals surface area contributed by atoms with Gasteiger partial charge in [-0.1, -0.05) is 13.8 Å². The van der Waals surface area contributed by atoms with Crippen LogP contribution < -0.4 is 16.2 Å². The highest BCUT2D eigenvalue weighted by molar-refractivity contribution is 6.00. The van der Waals surface area contributed by atoms with Crippen LogP contribution in [0.15, 0.2) is 40.7 Å². The zero-order valence-electron chi connectivity index (χ0n) is 15.1. The van der Waals surface area contributed by atoms with E-state index in [0.717, 1.165) is 18.2 Å². The van der Waals surface area contributed by atoms with Gasteiger partial charge in [-0.25, -0.2) is 14.2 Å². The number of hydrogen-bond donors (Lipinski definition) is 3. The maximum atomic E-state index is 14.6. The molecule has 3 aliphatic rings. The molecule has 0 amide bonds. The number of benzene rings is 1. The first-order valence-corrected chi connectivity index (χ1v) is 8.78. The van der Waals surface area contributed by atoms with E-state index in [9.17, 15) is 26.7 Å². The van der Waals surface area contributed by atoms with Crippen molar-refractivity contribution in [2.75, 3.05) is 0 Å². The Morgan fingerprint density at radius 2 is 1.86 bits per heavy atom. The van der Waals surface area contributed by atoms with Crippen molar-refractivity contribution < 1.29 is 26.7 Å². The minimum Gasteiger partial charge on any atom is -0.368 e. The highest BCUT2D eigenvalue weighted by Gasteiger charge is 2.51. The molecule has 9 heteroatoms. The lowest BCUT2D eigenvalue weighted by Gasteiger charge is -2.41. The van der Waals surface area contributed by atoms with Crippen LogP contribution in [-0.4, -0.2) is 18.1 Å². The minimum absolute atomic E-state index is 0.0716. The van der Waals surface area contributed by atoms with Crippen LogP contribution in [0.1, 0.15) is 38.2 Å². The summed E-state index contributed by atoms with van der Waals surface area (Å²) < 4.78 is 69.2. The maximum absolute atomic E-state index is 14.6. The summed E-state index contributed by atoms with van der Waals surface area (Å²) in [6.07, 6.45) is -5.23. The Kier molecular flexibility index (Phi) is 4.08. The Hall–Kier alpha value is -2.42. The van der Waals surface area contributed by atoms with Crippen LogP contribution in [0.3, 0.4) is 0 Å². The Morgan fingerprint density at radius 3 is 2.54 bits per heavy atom. The molecule has 0 aromatic heterocycles. The fraction of sp³-hybridized carbons (Fsp3) is 0.421. The normalized spacial score (nSPS) is 26.6. The summed E-state index contributed by atoms with van der Waals surface area (Å²) in [5, 5.41) is 2.95. The third kappa shape index (κ3) is 2.97. The van der Waals surface area contributed by atoms with E-state index in [4.69, 9.17) is 0 Å². The van der Waals surface area contributed by atoms with Crippen molar-refractivity contribution in [2.24, 2.45) is 5.41 Å². The predicted molar refractivity (Wildman–Crippen MR) is 90.4 cm³/mol. The zero-order valence-corrected chi connectivity index (χ0v) is 15.1. The van der Waals surface area contributed by atoms with E-state index in [2.05, 4.69) is 16.2 Å². The number of rotatable bonds is 1. The second kappa shape index (κ2) is 6.04. The van der Waals surface area contributed by atoms with Gasteiger partial charge in [0.1, 0.15) is 23.5 Å². The number of Topliss-reactive ketones (excluding diaryl/α,β-unsaturated/α-hetero) is 1. The Balaban J connectivity index is 1.99. The molecule has 2 heterocycles. The van der Waals surface area contributed by atoms with Crippen molar-refractivity contribution in [3.8, 4) is 0 Å². The van der Waals surface area contributed by atoms with Crippen LogP contribution in [0, 0.1) is 17.0 Å². The monoisotopic (exact) mass is 399 g/mol. The van der Waals surface area contributed by atoms with Gasteiger partial charge in [-0.15, -0.1) is 0 Å². The van der Waals surface area contributed by atoms with Crippen LogP contribution in [-0.2, 0) is 4.79 Å². The van der Waals surface area contributed by atoms with Crippen molar-refractivity contribution in [3.05, 3.63) is 57.9 Å². The van der Waals surface area contributed by atoms with E-state index in [-0.39, 0.29) is 28.9 Å². The maximum Gasteiger partial charge on any atom is 0.432 e. The van der Waals surface area contributed by atoms with Gasteiger partial charge in [-0.2, -0.15) is 13.2 Å². The fourth-order valence-corrected chi connectivity index (χ4v) is 4.29. The molecule has 4 rings (SSSR count). The molecule has 0 saturated carbocycles. The molecule has 150 valence electrons. The topological polar surface area (TPSA) is 53.2 Å². The van der Waals surface area contributed by atoms with Crippen molar-refractivity contribution >= 4 is 5.78 Å². The molecule has 28 heavy (non-hydrogen) atoms. The van der Waals surface area contributed by atoms with Gasteiger partial charge in [0, 0.05) is 34.7 Å². The second-order valence-corrected chi connectivity index (χ2v) is 8.11. The minimum atomic E-state index is -4.75. The number of allylic oxidation sites excluding steroid dienone is 3. The molecule has 1 aromatic carbocycles. The lowest BCUT2D eigenvalue weighted by Crippen LogP contribution is -2.50. The molecule has 0 saturated heterocycles. The molecule has 0 bridgehead atoms. The highest BCUT2D eigenvalue weighted by atomic mass is 19.4. The molecule has 0 fully saturated rings. The smallest absolute Gasteiger partial charge is 0.368 e. The van der Waals surface area contributed by atoms with E-state index >= 15 is 0 Å². The summed E-state index contributed by atoms with van der Waals surface area (Å²) in [5.41, 5.74) is 3.11. The predicted octanol–water partition coefficient (Wildman–Crippen LogP) is 3.55. The number of carbonyl (C=O) groups is 1. The zero-order chi connectivity index (χ0) is 20.4. The van der Waals surface area contributed by atoms with Crippen molar-refractivity contribution in [1.82, 2.24) is 16.2 Å². The molecular formula is C19H18F5N3O. The average Bonchev–Trinajstić information content (AvgIpc) is 2.98. The molecule has 0 radical (unpaired) electrons. The van der Waals surface area contributed by atoms with Crippen molar-refractivity contribution in [3.63, 3.8) is 0 Å². The molecule has 2 atom stereocenters. The SMILES string of the molecule is CC1(C)CC(=O)C2=C(C1)NC1NNC(C(F)(F)F)=C1C2c1cc(F)ccc1F. The van der Waals surface area contributed by atoms with Gasteiger partial charge in [-0.3, -0.25) is 4.79 Å². The van der Waals surface area contributed by atoms with E-state index in [1.807, 2.05) is 13.8 Å². The van der Waals surface area contributed by atoms with E-state index in [1.54, 1.807) is 0 Å². The summed E-state index contributed by atoms with van der Waals surface area (Å²) in [4.78, 5) is 12.9. The molecule has 2 aliphatic heterocycles. The second-order valence-electron chi connectivity index (χ2n) is 8.11. The first kappa shape index (κ1) is 18.9. The molecular weight excluding hydrogens is 381 g/mol. The largest absolute Gasteiger partial charge is 0.432 e. The number of hydrazine groups is 1. The van der Waals surface area contributed by atoms with Crippen LogP contribution >= 0.6 is 0 Å². The number of ketones is 1. The highest BCUT2D eigenvalue weighted by Crippen LogP contribution is 2.49. The van der Waals surface area contributed by atoms with Crippen LogP contribution in [0.5, 0.6) is 0 Å². The first-order chi connectivity index (χ1) is 13.0. The number of halogens is 5. The van der Waals surface area contributed by atoms with Gasteiger partial charge in [0.2, 0.25) is 0 Å². The van der Waals surface area contributed by atoms with Gasteiger partial charge < -0.3 is 10.7 Å². The molecule has 1 aromatic rings. The van der Waals surface area contributed by atoms with Gasteiger partial charge in [-0.05, 0) is 30.0 Å². The third-order valence-corrected chi connectivity index (χ3v) is 5.33. The summed E-state index contributed by atoms with van der Waals surface area (Å²) in [5.74, 6) is -3.35. The average molecular weight is 399 g/mol. The fourth-order valence-electron chi connectivity index (χ4n) is 4.29. The molecule has 4 nitrogen and oxygen atoms in total.